The second kappa shape index (κ2) is 24.7. The molecule has 0 aromatic carbocycles. The minimum absolute atomic E-state index is 0.188. The Balaban J connectivity index is 3.47. The molecule has 0 aliphatic rings. The monoisotopic (exact) mass is 508 g/mol. The van der Waals surface area contributed by atoms with Gasteiger partial charge in [0.25, 0.3) is 0 Å². The van der Waals surface area contributed by atoms with Gasteiger partial charge in [-0.2, -0.15) is 0 Å². The van der Waals surface area contributed by atoms with Gasteiger partial charge in [-0.1, -0.05) is 37.5 Å². The van der Waals surface area contributed by atoms with E-state index in [1.54, 1.807) is 13.8 Å². The van der Waals surface area contributed by atoms with Crippen molar-refractivity contribution in [2.75, 3.05) is 39.5 Å². The second-order valence-electron chi connectivity index (χ2n) is 7.52. The van der Waals surface area contributed by atoms with Gasteiger partial charge < -0.3 is 29.6 Å². The van der Waals surface area contributed by atoms with E-state index in [1.807, 2.05) is 0 Å². The SMILES string of the molecule is CCOC(=O)CNC(=O)OCCCCCCC#CC#CCCCCCCOC(=O)NCC(=O)OCC. The van der Waals surface area contributed by atoms with Crippen LogP contribution in [0.3, 0.4) is 0 Å². The number of hydrogen-bond acceptors (Lipinski definition) is 8. The highest BCUT2D eigenvalue weighted by Crippen LogP contribution is 2.03. The van der Waals surface area contributed by atoms with Crippen molar-refractivity contribution in [2.45, 2.75) is 78.1 Å². The van der Waals surface area contributed by atoms with Gasteiger partial charge in [0.05, 0.1) is 26.4 Å². The van der Waals surface area contributed by atoms with E-state index in [-0.39, 0.29) is 26.3 Å². The second-order valence-corrected chi connectivity index (χ2v) is 7.52. The Hall–Kier alpha value is -3.40. The van der Waals surface area contributed by atoms with E-state index in [2.05, 4.69) is 34.3 Å². The van der Waals surface area contributed by atoms with Crippen molar-refractivity contribution in [1.82, 2.24) is 10.6 Å². The number of esters is 2. The van der Waals surface area contributed by atoms with Crippen LogP contribution in [0.15, 0.2) is 0 Å². The molecule has 0 aromatic heterocycles. The van der Waals surface area contributed by atoms with E-state index in [0.717, 1.165) is 64.2 Å². The highest BCUT2D eigenvalue weighted by atomic mass is 16.6. The van der Waals surface area contributed by atoms with Crippen LogP contribution < -0.4 is 10.6 Å². The van der Waals surface area contributed by atoms with E-state index in [9.17, 15) is 19.2 Å². The van der Waals surface area contributed by atoms with Crippen LogP contribution in [0.25, 0.3) is 0 Å². The maximum absolute atomic E-state index is 11.4. The predicted octanol–water partition coefficient (Wildman–Crippen LogP) is 3.47. The molecule has 0 spiro atoms. The molecular formula is C26H40N2O8. The van der Waals surface area contributed by atoms with Crippen LogP contribution in [0.2, 0.25) is 0 Å². The number of ether oxygens (including phenoxy) is 4. The largest absolute Gasteiger partial charge is 0.465 e. The van der Waals surface area contributed by atoms with Crippen LogP contribution in [0, 0.1) is 23.7 Å². The van der Waals surface area contributed by atoms with Crippen molar-refractivity contribution in [3.63, 3.8) is 0 Å². The van der Waals surface area contributed by atoms with Crippen molar-refractivity contribution in [2.24, 2.45) is 0 Å². The van der Waals surface area contributed by atoms with Gasteiger partial charge in [-0.3, -0.25) is 9.59 Å². The van der Waals surface area contributed by atoms with E-state index >= 15 is 0 Å². The van der Waals surface area contributed by atoms with Gasteiger partial charge in [-0.25, -0.2) is 9.59 Å². The molecule has 0 heterocycles. The molecule has 0 fully saturated rings. The maximum atomic E-state index is 11.4. The highest BCUT2D eigenvalue weighted by Gasteiger charge is 2.07. The zero-order valence-corrected chi connectivity index (χ0v) is 21.6. The minimum atomic E-state index is -0.616. The summed E-state index contributed by atoms with van der Waals surface area (Å²) in [6.45, 7) is 4.19. The summed E-state index contributed by atoms with van der Waals surface area (Å²) in [6, 6.07) is 0. The average Bonchev–Trinajstić information content (AvgIpc) is 2.85. The lowest BCUT2D eigenvalue weighted by Gasteiger charge is -2.06. The third-order valence-electron chi connectivity index (χ3n) is 4.46. The molecule has 0 aliphatic heterocycles. The summed E-state index contributed by atoms with van der Waals surface area (Å²) in [4.78, 5) is 45.0. The lowest BCUT2D eigenvalue weighted by molar-refractivity contribution is -0.142. The third kappa shape index (κ3) is 23.7. The van der Waals surface area contributed by atoms with Gasteiger partial charge in [0.1, 0.15) is 13.1 Å². The lowest BCUT2D eigenvalue weighted by atomic mass is 10.1. The number of hydrogen-bond donors (Lipinski definition) is 2. The van der Waals surface area contributed by atoms with E-state index < -0.39 is 24.1 Å². The quantitative estimate of drug-likeness (QED) is 0.125. The summed E-state index contributed by atoms with van der Waals surface area (Å²) < 4.78 is 19.4. The summed E-state index contributed by atoms with van der Waals surface area (Å²) >= 11 is 0. The molecule has 10 heteroatoms. The first kappa shape index (κ1) is 32.6. The van der Waals surface area contributed by atoms with Crippen molar-refractivity contribution in [3.05, 3.63) is 0 Å². The van der Waals surface area contributed by atoms with E-state index in [4.69, 9.17) is 18.9 Å². The summed E-state index contributed by atoms with van der Waals surface area (Å²) in [5, 5.41) is 4.68. The number of unbranched alkanes of at least 4 members (excludes halogenated alkanes) is 8. The summed E-state index contributed by atoms with van der Waals surface area (Å²) in [6.07, 6.45) is 7.63. The number of nitrogens with one attached hydrogen (secondary N) is 2. The van der Waals surface area contributed by atoms with Gasteiger partial charge in [0.2, 0.25) is 0 Å². The van der Waals surface area contributed by atoms with Gasteiger partial charge in [0, 0.05) is 12.8 Å². The average molecular weight is 509 g/mol. The van der Waals surface area contributed by atoms with E-state index in [0.29, 0.717) is 13.2 Å². The molecule has 0 aromatic rings. The Morgan fingerprint density at radius 3 is 1.33 bits per heavy atom. The first-order valence-electron chi connectivity index (χ1n) is 12.6. The van der Waals surface area contributed by atoms with Crippen LogP contribution >= 0.6 is 0 Å². The molecular weight excluding hydrogens is 468 g/mol. The molecule has 2 amide bonds. The van der Waals surface area contributed by atoms with Crippen molar-refractivity contribution in [1.29, 1.82) is 0 Å². The number of amides is 2. The number of carbonyl (C=O) groups excluding carboxylic acids is 4. The summed E-state index contributed by atoms with van der Waals surface area (Å²) in [5.74, 6) is 10.8. The molecule has 0 saturated heterocycles. The Kier molecular flexibility index (Phi) is 22.4. The van der Waals surface area contributed by atoms with Gasteiger partial charge >= 0.3 is 24.1 Å². The van der Waals surface area contributed by atoms with Gasteiger partial charge in [-0.15, -0.1) is 0 Å². The molecule has 10 nitrogen and oxygen atoms in total. The molecule has 0 saturated carbocycles. The fourth-order valence-electron chi connectivity index (χ4n) is 2.70. The maximum Gasteiger partial charge on any atom is 0.407 e. The lowest BCUT2D eigenvalue weighted by Crippen LogP contribution is -2.31. The molecule has 36 heavy (non-hydrogen) atoms. The first-order valence-corrected chi connectivity index (χ1v) is 12.6. The predicted molar refractivity (Wildman–Crippen MR) is 134 cm³/mol. The molecule has 0 aliphatic carbocycles. The molecule has 0 rings (SSSR count). The topological polar surface area (TPSA) is 129 Å². The normalized spacial score (nSPS) is 9.50. The zero-order chi connectivity index (χ0) is 26.7. The van der Waals surface area contributed by atoms with Crippen LogP contribution in [-0.4, -0.2) is 63.6 Å². The smallest absolute Gasteiger partial charge is 0.407 e. The zero-order valence-electron chi connectivity index (χ0n) is 21.6. The molecule has 0 bridgehead atoms. The van der Waals surface area contributed by atoms with Crippen molar-refractivity contribution >= 4 is 24.1 Å². The van der Waals surface area contributed by atoms with Crippen LogP contribution in [0.5, 0.6) is 0 Å². The van der Waals surface area contributed by atoms with Crippen LogP contribution in [0.4, 0.5) is 9.59 Å². The van der Waals surface area contributed by atoms with Gasteiger partial charge in [0.15, 0.2) is 0 Å². The van der Waals surface area contributed by atoms with Crippen molar-refractivity contribution in [3.8, 4) is 23.7 Å². The van der Waals surface area contributed by atoms with Gasteiger partial charge in [-0.05, 0) is 51.4 Å². The number of rotatable bonds is 18. The summed E-state index contributed by atoms with van der Waals surface area (Å²) in [5.41, 5.74) is 0. The molecule has 2 N–H and O–H groups in total. The molecule has 0 atom stereocenters. The number of carbonyl (C=O) groups is 4. The highest BCUT2D eigenvalue weighted by molar-refractivity contribution is 5.78. The fourth-order valence-corrected chi connectivity index (χ4v) is 2.70. The Morgan fingerprint density at radius 1 is 0.556 bits per heavy atom. The fraction of sp³-hybridized carbons (Fsp3) is 0.692. The molecule has 0 unspecified atom stereocenters. The third-order valence-corrected chi connectivity index (χ3v) is 4.46. The Morgan fingerprint density at radius 2 is 0.944 bits per heavy atom. The molecule has 202 valence electrons. The number of alkyl carbamates (subject to hydrolysis) is 2. The van der Waals surface area contributed by atoms with Crippen LogP contribution in [-0.2, 0) is 28.5 Å². The van der Waals surface area contributed by atoms with E-state index in [1.165, 1.54) is 0 Å². The summed E-state index contributed by atoms with van der Waals surface area (Å²) in [7, 11) is 0. The molecule has 0 radical (unpaired) electrons. The van der Waals surface area contributed by atoms with Crippen molar-refractivity contribution < 1.29 is 38.1 Å². The standard InChI is InChI=1S/C26H40N2O8/c1-3-33-23(29)21-27-25(31)35-19-17-15-13-11-9-7-5-6-8-10-12-14-16-18-20-36-26(32)28-22-24(30)34-4-2/h3-4,9-22H2,1-2H3,(H,27,31)(H,28,32). The van der Waals surface area contributed by atoms with Crippen LogP contribution in [0.1, 0.15) is 78.1 Å². The first-order chi connectivity index (χ1) is 17.5. The Bertz CT molecular complexity index is 697. The minimum Gasteiger partial charge on any atom is -0.465 e. The Labute approximate surface area is 214 Å².